The Bertz CT molecular complexity index is 433. The molecule has 2 aromatic heterocycles. The molecule has 2 aromatic rings. The molecular weight excluding hydrogens is 207 g/mol. The second-order valence-electron chi connectivity index (χ2n) is 2.71. The van der Waals surface area contributed by atoms with Gasteiger partial charge in [-0.05, 0) is 19.1 Å². The van der Waals surface area contributed by atoms with Gasteiger partial charge in [0.05, 0.1) is 12.0 Å². The van der Waals surface area contributed by atoms with E-state index in [0.717, 1.165) is 0 Å². The second kappa shape index (κ2) is 3.38. The first-order valence-electron chi connectivity index (χ1n) is 3.92. The van der Waals surface area contributed by atoms with E-state index in [0.29, 0.717) is 11.6 Å². The summed E-state index contributed by atoms with van der Waals surface area (Å²) in [5, 5.41) is -0.191. The van der Waals surface area contributed by atoms with Crippen LogP contribution in [0.4, 0.5) is 4.39 Å². The zero-order valence-corrected chi connectivity index (χ0v) is 8.05. The van der Waals surface area contributed by atoms with Gasteiger partial charge in [0.25, 0.3) is 0 Å². The minimum atomic E-state index is -0.595. The average molecular weight is 213 g/mol. The molecular formula is C9H6ClFN2O. The predicted octanol–water partition coefficient (Wildman–Crippen LogP) is 2.84. The van der Waals surface area contributed by atoms with Crippen molar-refractivity contribution in [2.45, 2.75) is 6.92 Å². The van der Waals surface area contributed by atoms with Gasteiger partial charge in [0.15, 0.2) is 22.6 Å². The van der Waals surface area contributed by atoms with Gasteiger partial charge in [0.2, 0.25) is 0 Å². The third-order valence-electron chi connectivity index (χ3n) is 1.72. The Morgan fingerprint density at radius 3 is 2.79 bits per heavy atom. The van der Waals surface area contributed by atoms with Gasteiger partial charge >= 0.3 is 0 Å². The molecule has 0 fully saturated rings. The lowest BCUT2D eigenvalue weighted by atomic mass is 10.4. The summed E-state index contributed by atoms with van der Waals surface area (Å²) in [7, 11) is 0. The first kappa shape index (κ1) is 9.15. The molecule has 0 saturated carbocycles. The van der Waals surface area contributed by atoms with Crippen LogP contribution in [-0.2, 0) is 0 Å². The standard InChI is InChI=1S/C9H6ClFN2O/c1-5-7(11)8(10)13-9(12-5)6-3-2-4-14-6/h2-4H,1H3. The van der Waals surface area contributed by atoms with Crippen LogP contribution in [0.5, 0.6) is 0 Å². The number of furan rings is 1. The largest absolute Gasteiger partial charge is 0.461 e. The summed E-state index contributed by atoms with van der Waals surface area (Å²) in [6.07, 6.45) is 1.49. The zero-order valence-electron chi connectivity index (χ0n) is 7.29. The molecule has 2 rings (SSSR count). The molecule has 72 valence electrons. The highest BCUT2D eigenvalue weighted by atomic mass is 35.5. The normalized spacial score (nSPS) is 10.5. The van der Waals surface area contributed by atoms with E-state index in [1.807, 2.05) is 0 Å². The summed E-state index contributed by atoms with van der Waals surface area (Å²) in [5.74, 6) is 0.163. The predicted molar refractivity (Wildman–Crippen MR) is 49.4 cm³/mol. The smallest absolute Gasteiger partial charge is 0.197 e. The van der Waals surface area contributed by atoms with E-state index in [1.54, 1.807) is 12.1 Å². The fourth-order valence-electron chi connectivity index (χ4n) is 1.04. The minimum absolute atomic E-state index is 0.191. The highest BCUT2D eigenvalue weighted by Crippen LogP contribution is 2.20. The van der Waals surface area contributed by atoms with E-state index in [-0.39, 0.29) is 10.8 Å². The Labute approximate surface area is 84.6 Å². The molecule has 0 radical (unpaired) electrons. The highest BCUT2D eigenvalue weighted by Gasteiger charge is 2.11. The maximum Gasteiger partial charge on any atom is 0.197 e. The third-order valence-corrected chi connectivity index (χ3v) is 1.97. The summed E-state index contributed by atoms with van der Waals surface area (Å²) >= 11 is 5.57. The van der Waals surface area contributed by atoms with Crippen LogP contribution < -0.4 is 0 Å². The molecule has 0 aliphatic heterocycles. The molecule has 0 N–H and O–H groups in total. The van der Waals surface area contributed by atoms with Gasteiger partial charge in [-0.1, -0.05) is 11.6 Å². The fourth-order valence-corrected chi connectivity index (χ4v) is 1.26. The molecule has 2 heterocycles. The summed E-state index contributed by atoms with van der Waals surface area (Å²) in [6.45, 7) is 1.52. The Morgan fingerprint density at radius 1 is 1.43 bits per heavy atom. The summed E-state index contributed by atoms with van der Waals surface area (Å²) < 4.78 is 18.1. The molecule has 0 aliphatic carbocycles. The molecule has 0 aromatic carbocycles. The first-order chi connectivity index (χ1) is 6.68. The van der Waals surface area contributed by atoms with E-state index < -0.39 is 5.82 Å². The Kier molecular flexibility index (Phi) is 2.21. The van der Waals surface area contributed by atoms with Crippen molar-refractivity contribution in [2.24, 2.45) is 0 Å². The van der Waals surface area contributed by atoms with Crippen molar-refractivity contribution in [3.8, 4) is 11.6 Å². The number of hydrogen-bond acceptors (Lipinski definition) is 3. The van der Waals surface area contributed by atoms with Gasteiger partial charge in [-0.3, -0.25) is 0 Å². The van der Waals surface area contributed by atoms with Gasteiger partial charge in [-0.25, -0.2) is 14.4 Å². The van der Waals surface area contributed by atoms with Gasteiger partial charge in [-0.15, -0.1) is 0 Å². The van der Waals surface area contributed by atoms with E-state index in [9.17, 15) is 4.39 Å². The molecule has 0 saturated heterocycles. The molecule has 0 amide bonds. The van der Waals surface area contributed by atoms with Crippen LogP contribution in [0, 0.1) is 12.7 Å². The Morgan fingerprint density at radius 2 is 2.21 bits per heavy atom. The topological polar surface area (TPSA) is 38.9 Å². The molecule has 5 heteroatoms. The molecule has 0 unspecified atom stereocenters. The van der Waals surface area contributed by atoms with Crippen molar-refractivity contribution < 1.29 is 8.81 Å². The lowest BCUT2D eigenvalue weighted by Gasteiger charge is -2.00. The van der Waals surface area contributed by atoms with Crippen molar-refractivity contribution in [1.82, 2.24) is 9.97 Å². The van der Waals surface area contributed by atoms with Crippen molar-refractivity contribution >= 4 is 11.6 Å². The van der Waals surface area contributed by atoms with Crippen LogP contribution in [0.25, 0.3) is 11.6 Å². The Balaban J connectivity index is 2.57. The first-order valence-corrected chi connectivity index (χ1v) is 4.30. The average Bonchev–Trinajstić information content (AvgIpc) is 2.66. The van der Waals surface area contributed by atoms with Crippen LogP contribution in [0.2, 0.25) is 5.15 Å². The van der Waals surface area contributed by atoms with Gasteiger partial charge in [0, 0.05) is 0 Å². The van der Waals surface area contributed by atoms with Crippen LogP contribution in [0.15, 0.2) is 22.8 Å². The number of aromatic nitrogens is 2. The van der Waals surface area contributed by atoms with E-state index in [2.05, 4.69) is 9.97 Å². The minimum Gasteiger partial charge on any atom is -0.461 e. The van der Waals surface area contributed by atoms with Crippen molar-refractivity contribution in [3.05, 3.63) is 35.1 Å². The van der Waals surface area contributed by atoms with Crippen molar-refractivity contribution in [3.63, 3.8) is 0 Å². The van der Waals surface area contributed by atoms with E-state index in [4.69, 9.17) is 16.0 Å². The molecule has 0 aliphatic rings. The molecule has 0 bridgehead atoms. The number of halogens is 2. The lowest BCUT2D eigenvalue weighted by Crippen LogP contribution is -1.96. The van der Waals surface area contributed by atoms with Gasteiger partial charge < -0.3 is 4.42 Å². The van der Waals surface area contributed by atoms with Gasteiger partial charge in [-0.2, -0.15) is 0 Å². The number of nitrogens with zero attached hydrogens (tertiary/aromatic N) is 2. The van der Waals surface area contributed by atoms with Crippen LogP contribution >= 0.6 is 11.6 Å². The van der Waals surface area contributed by atoms with Crippen LogP contribution in [0.1, 0.15) is 5.69 Å². The zero-order chi connectivity index (χ0) is 10.1. The van der Waals surface area contributed by atoms with Crippen molar-refractivity contribution in [1.29, 1.82) is 0 Å². The highest BCUT2D eigenvalue weighted by molar-refractivity contribution is 6.29. The lowest BCUT2D eigenvalue weighted by molar-refractivity contribution is 0.570. The third kappa shape index (κ3) is 1.48. The molecule has 0 atom stereocenters. The summed E-state index contributed by atoms with van der Waals surface area (Å²) in [4.78, 5) is 7.67. The second-order valence-corrected chi connectivity index (χ2v) is 3.07. The molecule has 3 nitrogen and oxygen atoms in total. The maximum absolute atomic E-state index is 13.1. The Hall–Kier alpha value is -1.42. The number of rotatable bonds is 1. The van der Waals surface area contributed by atoms with Gasteiger partial charge in [0.1, 0.15) is 0 Å². The van der Waals surface area contributed by atoms with Crippen LogP contribution in [0.3, 0.4) is 0 Å². The number of aryl methyl sites for hydroxylation is 1. The molecule has 14 heavy (non-hydrogen) atoms. The molecule has 0 spiro atoms. The van der Waals surface area contributed by atoms with Crippen molar-refractivity contribution in [2.75, 3.05) is 0 Å². The summed E-state index contributed by atoms with van der Waals surface area (Å²) in [5.41, 5.74) is 0.205. The van der Waals surface area contributed by atoms with E-state index in [1.165, 1.54) is 13.2 Å². The monoisotopic (exact) mass is 212 g/mol. The SMILES string of the molecule is Cc1nc(-c2ccco2)nc(Cl)c1F. The fraction of sp³-hybridized carbons (Fsp3) is 0.111. The maximum atomic E-state index is 13.1. The van der Waals surface area contributed by atoms with E-state index >= 15 is 0 Å². The number of hydrogen-bond donors (Lipinski definition) is 0. The summed E-state index contributed by atoms with van der Waals surface area (Å²) in [6, 6.07) is 3.38. The quantitative estimate of drug-likeness (QED) is 0.683. The van der Waals surface area contributed by atoms with Crippen LogP contribution in [-0.4, -0.2) is 9.97 Å².